The van der Waals surface area contributed by atoms with Crippen molar-refractivity contribution in [3.63, 3.8) is 0 Å². The lowest BCUT2D eigenvalue weighted by molar-refractivity contribution is -0.0322. The second-order valence-electron chi connectivity index (χ2n) is 11.3. The van der Waals surface area contributed by atoms with E-state index in [0.29, 0.717) is 23.8 Å². The molecule has 0 amide bonds. The molecule has 4 rings (SSSR count). The van der Waals surface area contributed by atoms with Crippen LogP contribution < -0.4 is 0 Å². The number of benzene rings is 3. The molecule has 0 aliphatic heterocycles. The molecule has 234 valence electrons. The van der Waals surface area contributed by atoms with Gasteiger partial charge in [0.05, 0.1) is 25.7 Å². The van der Waals surface area contributed by atoms with Crippen LogP contribution in [0, 0.1) is 41.3 Å². The smallest absolute Gasteiger partial charge is 0.188 e. The Morgan fingerprint density at radius 3 is 2.07 bits per heavy atom. The second kappa shape index (κ2) is 18.5. The first kappa shape index (κ1) is 33.6. The highest BCUT2D eigenvalue weighted by molar-refractivity contribution is 5.52. The molecule has 0 heterocycles. The van der Waals surface area contributed by atoms with Crippen LogP contribution in [0.25, 0.3) is 0 Å². The number of ether oxygens (including phenoxy) is 4. The minimum atomic E-state index is -0.356. The maximum Gasteiger partial charge on any atom is 0.188 e. The zero-order valence-corrected chi connectivity index (χ0v) is 26.3. The van der Waals surface area contributed by atoms with Gasteiger partial charge in [-0.05, 0) is 97.5 Å². The van der Waals surface area contributed by atoms with Crippen LogP contribution in [0.2, 0.25) is 0 Å². The Morgan fingerprint density at radius 1 is 0.733 bits per heavy atom. The molecule has 1 saturated carbocycles. The van der Waals surface area contributed by atoms with Gasteiger partial charge in [0.25, 0.3) is 0 Å². The van der Waals surface area contributed by atoms with Crippen molar-refractivity contribution in [2.45, 2.75) is 58.5 Å². The highest BCUT2D eigenvalue weighted by Crippen LogP contribution is 2.32. The lowest BCUT2D eigenvalue weighted by Crippen LogP contribution is -2.19. The van der Waals surface area contributed by atoms with Crippen LogP contribution >= 0.6 is 0 Å². The van der Waals surface area contributed by atoms with E-state index in [4.69, 9.17) is 18.9 Å². The molecule has 0 radical (unpaired) electrons. The molecule has 0 saturated heterocycles. The average molecular weight is 607 g/mol. The van der Waals surface area contributed by atoms with Crippen molar-refractivity contribution in [2.75, 3.05) is 20.2 Å². The van der Waals surface area contributed by atoms with E-state index >= 15 is 0 Å². The van der Waals surface area contributed by atoms with Crippen LogP contribution in [-0.4, -0.2) is 20.2 Å². The summed E-state index contributed by atoms with van der Waals surface area (Å²) in [6.45, 7) is 10.3. The minimum absolute atomic E-state index is 0.0320. The summed E-state index contributed by atoms with van der Waals surface area (Å²) in [6.07, 6.45) is 10.9. The Hall–Kier alpha value is -4.29. The van der Waals surface area contributed by atoms with Crippen molar-refractivity contribution in [1.82, 2.24) is 0 Å². The summed E-state index contributed by atoms with van der Waals surface area (Å²) in [5.41, 5.74) is 6.41. The minimum Gasteiger partial charge on any atom is -0.476 e. The van der Waals surface area contributed by atoms with Gasteiger partial charge in [-0.3, -0.25) is 0 Å². The molecular formula is C40H43FO4. The molecule has 45 heavy (non-hydrogen) atoms. The van der Waals surface area contributed by atoms with E-state index in [9.17, 15) is 4.39 Å². The maximum atomic E-state index is 14.5. The van der Waals surface area contributed by atoms with E-state index in [0.717, 1.165) is 47.6 Å². The van der Waals surface area contributed by atoms with Crippen molar-refractivity contribution in [2.24, 2.45) is 11.8 Å². The summed E-state index contributed by atoms with van der Waals surface area (Å²) in [7, 11) is 0. The molecule has 0 N–H and O–H groups in total. The van der Waals surface area contributed by atoms with Crippen molar-refractivity contribution in [1.29, 1.82) is 0 Å². The maximum absolute atomic E-state index is 14.5. The number of halogens is 1. The molecular weight excluding hydrogens is 563 g/mol. The van der Waals surface area contributed by atoms with Gasteiger partial charge in [-0.2, -0.15) is 0 Å². The predicted molar refractivity (Wildman–Crippen MR) is 177 cm³/mol. The van der Waals surface area contributed by atoms with E-state index in [2.05, 4.69) is 74.1 Å². The Kier molecular flexibility index (Phi) is 13.8. The number of hydrogen-bond donors (Lipinski definition) is 0. The van der Waals surface area contributed by atoms with Gasteiger partial charge >= 0.3 is 0 Å². The van der Waals surface area contributed by atoms with Crippen molar-refractivity contribution in [3.8, 4) is 23.7 Å². The molecule has 5 heteroatoms. The summed E-state index contributed by atoms with van der Waals surface area (Å²) >= 11 is 0. The van der Waals surface area contributed by atoms with Crippen LogP contribution in [-0.2, 0) is 38.4 Å². The number of rotatable bonds is 14. The second-order valence-corrected chi connectivity index (χ2v) is 11.3. The molecule has 0 bridgehead atoms. The van der Waals surface area contributed by atoms with Gasteiger partial charge < -0.3 is 18.9 Å². The quantitative estimate of drug-likeness (QED) is 0.0796. The lowest BCUT2D eigenvalue weighted by atomic mass is 9.80. The van der Waals surface area contributed by atoms with E-state index in [-0.39, 0.29) is 19.2 Å². The van der Waals surface area contributed by atoms with Crippen molar-refractivity contribution in [3.05, 3.63) is 131 Å². The van der Waals surface area contributed by atoms with E-state index in [1.54, 1.807) is 12.1 Å². The molecule has 1 fully saturated rings. The molecule has 3 aromatic carbocycles. The van der Waals surface area contributed by atoms with Crippen LogP contribution in [0.4, 0.5) is 4.39 Å². The van der Waals surface area contributed by atoms with Crippen molar-refractivity contribution < 1.29 is 23.3 Å². The molecule has 4 nitrogen and oxygen atoms in total. The van der Waals surface area contributed by atoms with E-state index in [1.165, 1.54) is 56.3 Å². The highest BCUT2D eigenvalue weighted by Gasteiger charge is 2.21. The van der Waals surface area contributed by atoms with E-state index in [1.807, 2.05) is 12.1 Å². The molecule has 1 aliphatic rings. The average Bonchev–Trinajstić information content (AvgIpc) is 3.07. The third kappa shape index (κ3) is 11.3. The molecule has 0 atom stereocenters. The summed E-state index contributed by atoms with van der Waals surface area (Å²) in [5, 5.41) is 0. The van der Waals surface area contributed by atoms with Crippen molar-refractivity contribution >= 4 is 0 Å². The van der Waals surface area contributed by atoms with Gasteiger partial charge in [-0.15, -0.1) is 0 Å². The first-order valence-electron chi connectivity index (χ1n) is 15.7. The van der Waals surface area contributed by atoms with Crippen LogP contribution in [0.1, 0.15) is 78.0 Å². The number of hydrogen-bond acceptors (Lipinski definition) is 4. The number of aryl methyl sites for hydroxylation is 2. The Bertz CT molecular complexity index is 1510. The van der Waals surface area contributed by atoms with Crippen LogP contribution in [0.3, 0.4) is 0 Å². The van der Waals surface area contributed by atoms with E-state index < -0.39 is 0 Å². The first-order valence-corrected chi connectivity index (χ1v) is 15.7. The largest absolute Gasteiger partial charge is 0.476 e. The summed E-state index contributed by atoms with van der Waals surface area (Å²) in [5.74, 6) is 14.0. The fourth-order valence-corrected chi connectivity index (χ4v) is 5.48. The van der Waals surface area contributed by atoms with Gasteiger partial charge in [-0.25, -0.2) is 4.39 Å². The Morgan fingerprint density at radius 2 is 1.36 bits per heavy atom. The monoisotopic (exact) mass is 606 g/mol. The van der Waals surface area contributed by atoms with Crippen LogP contribution in [0.5, 0.6) is 0 Å². The fourth-order valence-electron chi connectivity index (χ4n) is 5.48. The molecule has 1 aliphatic carbocycles. The lowest BCUT2D eigenvalue weighted by Gasteiger charge is -2.28. The highest BCUT2D eigenvalue weighted by atomic mass is 19.1. The topological polar surface area (TPSA) is 36.9 Å². The van der Waals surface area contributed by atoms with Gasteiger partial charge in [0.1, 0.15) is 5.82 Å². The molecule has 0 unspecified atom stereocenters. The Labute approximate surface area is 268 Å². The third-order valence-corrected chi connectivity index (χ3v) is 8.14. The molecule has 0 aromatic heterocycles. The standard InChI is InChI=1S/C40H43FO4/c1-4-37-25-34(19-22-38(37)23-20-35-21-24-39(40(41)26-35)28-45-30-43-6-3)16-13-32-10-7-31(8-11-32)9-12-33-14-17-36(18-15-33)27-44-29-42-5-2/h5-8,10-11,19,21-22,24-26,33,36H,2-4,9,12,14-15,17-18,27-30H2,1H3. The zero-order valence-electron chi connectivity index (χ0n) is 26.3. The zero-order chi connectivity index (χ0) is 31.7. The SMILES string of the molecule is C=COCOCc1ccc(C#Cc2ccc(C#Cc3ccc(CCC4CCC(COCOC=C)CC4)cc3)cc2CC)cc1F. The molecule has 0 spiro atoms. The van der Waals surface area contributed by atoms with Gasteiger partial charge in [0.2, 0.25) is 0 Å². The molecule has 3 aromatic rings. The Balaban J connectivity index is 1.27. The fraction of sp³-hybridized carbons (Fsp3) is 0.350. The van der Waals surface area contributed by atoms with Gasteiger partial charge in [-0.1, -0.05) is 74.8 Å². The normalized spacial score (nSPS) is 15.6. The van der Waals surface area contributed by atoms with Crippen LogP contribution in [0.15, 0.2) is 86.3 Å². The first-order chi connectivity index (χ1) is 22.1. The van der Waals surface area contributed by atoms with Gasteiger partial charge in [0, 0.05) is 27.8 Å². The predicted octanol–water partition coefficient (Wildman–Crippen LogP) is 8.70. The summed E-state index contributed by atoms with van der Waals surface area (Å²) < 4.78 is 35.3. The summed E-state index contributed by atoms with van der Waals surface area (Å²) in [4.78, 5) is 0. The summed E-state index contributed by atoms with van der Waals surface area (Å²) in [6, 6.07) is 19.6. The third-order valence-electron chi connectivity index (χ3n) is 8.14. The van der Waals surface area contributed by atoms with Gasteiger partial charge in [0.15, 0.2) is 13.6 Å².